The van der Waals surface area contributed by atoms with Gasteiger partial charge in [-0.1, -0.05) is 15.9 Å². The molecule has 24 heavy (non-hydrogen) atoms. The molecule has 1 N–H and O–H groups in total. The molecule has 6 heteroatoms. The number of carbonyl (C=O) groups is 1. The molecule has 3 rings (SSSR count). The summed E-state index contributed by atoms with van der Waals surface area (Å²) in [5.41, 5.74) is 1.68. The second kappa shape index (κ2) is 6.81. The zero-order valence-corrected chi connectivity index (χ0v) is 15.1. The van der Waals surface area contributed by atoms with Crippen LogP contribution in [-0.4, -0.2) is 26.6 Å². The molecule has 1 amide bonds. The molecule has 0 saturated heterocycles. The van der Waals surface area contributed by atoms with Gasteiger partial charge in [-0.05, 0) is 36.4 Å². The molecule has 0 spiro atoms. The molecule has 1 unspecified atom stereocenters. The smallest absolute Gasteiger partial charge is 0.251 e. The average molecular weight is 393 g/mol. The molecular formula is C18H18BrFN2O2. The normalized spacial score (nSPS) is 16.1. The number of rotatable bonds is 3. The van der Waals surface area contributed by atoms with Gasteiger partial charge in [0.15, 0.2) is 0 Å². The van der Waals surface area contributed by atoms with E-state index in [1.807, 2.05) is 18.2 Å². The molecule has 0 saturated carbocycles. The molecule has 1 aliphatic rings. The Morgan fingerprint density at radius 1 is 1.29 bits per heavy atom. The molecule has 0 aliphatic carbocycles. The van der Waals surface area contributed by atoms with Gasteiger partial charge in [0.2, 0.25) is 0 Å². The maximum atomic E-state index is 14.1. The van der Waals surface area contributed by atoms with E-state index >= 15 is 0 Å². The highest BCUT2D eigenvalue weighted by atomic mass is 79.9. The van der Waals surface area contributed by atoms with Crippen LogP contribution < -0.4 is 15.0 Å². The molecule has 4 nitrogen and oxygen atoms in total. The monoisotopic (exact) mass is 392 g/mol. The van der Waals surface area contributed by atoms with Gasteiger partial charge in [-0.15, -0.1) is 0 Å². The molecule has 0 bridgehead atoms. The van der Waals surface area contributed by atoms with Crippen molar-refractivity contribution in [1.29, 1.82) is 0 Å². The van der Waals surface area contributed by atoms with Gasteiger partial charge in [-0.25, -0.2) is 4.39 Å². The maximum Gasteiger partial charge on any atom is 0.251 e. The molecule has 0 radical (unpaired) electrons. The number of benzene rings is 2. The lowest BCUT2D eigenvalue weighted by atomic mass is 10.00. The second-order valence-electron chi connectivity index (χ2n) is 5.91. The predicted octanol–water partition coefficient (Wildman–Crippen LogP) is 3.91. The van der Waals surface area contributed by atoms with Crippen molar-refractivity contribution in [2.75, 3.05) is 25.6 Å². The van der Waals surface area contributed by atoms with Crippen molar-refractivity contribution in [3.63, 3.8) is 0 Å². The first-order valence-corrected chi connectivity index (χ1v) is 8.45. The Kier molecular flexibility index (Phi) is 4.76. The van der Waals surface area contributed by atoms with Gasteiger partial charge in [0.05, 0.1) is 18.3 Å². The Morgan fingerprint density at radius 2 is 2.08 bits per heavy atom. The number of nitrogens with one attached hydrogen (secondary N) is 1. The first-order chi connectivity index (χ1) is 11.5. The summed E-state index contributed by atoms with van der Waals surface area (Å²) in [5, 5.41) is 2.97. The van der Waals surface area contributed by atoms with Crippen LogP contribution in [0.5, 0.6) is 5.75 Å². The Morgan fingerprint density at radius 3 is 2.79 bits per heavy atom. The maximum absolute atomic E-state index is 14.1. The average Bonchev–Trinajstić information content (AvgIpc) is 2.55. The summed E-state index contributed by atoms with van der Waals surface area (Å²) >= 11 is 3.44. The minimum atomic E-state index is -0.414. The van der Waals surface area contributed by atoms with E-state index in [0.29, 0.717) is 24.3 Å². The quantitative estimate of drug-likeness (QED) is 0.860. The highest BCUT2D eigenvalue weighted by Crippen LogP contribution is 2.34. The molecule has 2 aromatic carbocycles. The van der Waals surface area contributed by atoms with Gasteiger partial charge < -0.3 is 15.0 Å². The summed E-state index contributed by atoms with van der Waals surface area (Å²) in [5.74, 6) is 0.0590. The van der Waals surface area contributed by atoms with E-state index in [2.05, 4.69) is 21.2 Å². The number of nitrogens with zero attached hydrogens (tertiary/aromatic N) is 1. The number of hydrogen-bond acceptors (Lipinski definition) is 3. The zero-order valence-electron chi connectivity index (χ0n) is 13.5. The zero-order chi connectivity index (χ0) is 17.3. The van der Waals surface area contributed by atoms with Crippen molar-refractivity contribution in [3.8, 4) is 5.75 Å². The van der Waals surface area contributed by atoms with E-state index in [1.165, 1.54) is 6.07 Å². The third kappa shape index (κ3) is 3.38. The van der Waals surface area contributed by atoms with Crippen molar-refractivity contribution in [2.24, 2.45) is 0 Å². The van der Waals surface area contributed by atoms with Gasteiger partial charge in [-0.3, -0.25) is 4.79 Å². The van der Waals surface area contributed by atoms with Crippen LogP contribution in [0.4, 0.5) is 10.1 Å². The Labute approximate surface area is 148 Å². The van der Waals surface area contributed by atoms with Crippen LogP contribution >= 0.6 is 15.9 Å². The highest BCUT2D eigenvalue weighted by molar-refractivity contribution is 9.10. The van der Waals surface area contributed by atoms with Crippen LogP contribution in [0.1, 0.15) is 28.4 Å². The number of carbonyl (C=O) groups excluding carboxylic acids is 1. The Hall–Kier alpha value is -2.08. The van der Waals surface area contributed by atoms with E-state index in [1.54, 1.807) is 31.1 Å². The SMILES string of the molecule is CN(C)c1ccc(C(=O)NC2CCOc3ccc(Br)cc32)cc1F. The summed E-state index contributed by atoms with van der Waals surface area (Å²) in [7, 11) is 3.52. The van der Waals surface area contributed by atoms with Crippen LogP contribution in [0.2, 0.25) is 0 Å². The molecule has 2 aromatic rings. The molecule has 0 fully saturated rings. The molecule has 126 valence electrons. The minimum absolute atomic E-state index is 0.157. The van der Waals surface area contributed by atoms with E-state index < -0.39 is 5.82 Å². The summed E-state index contributed by atoms with van der Waals surface area (Å²) in [4.78, 5) is 14.2. The van der Waals surface area contributed by atoms with Crippen LogP contribution in [0, 0.1) is 5.82 Å². The van der Waals surface area contributed by atoms with Gasteiger partial charge in [0.1, 0.15) is 11.6 Å². The number of amides is 1. The van der Waals surface area contributed by atoms with E-state index in [4.69, 9.17) is 4.74 Å². The second-order valence-corrected chi connectivity index (χ2v) is 6.82. The van der Waals surface area contributed by atoms with Gasteiger partial charge in [0, 0.05) is 36.1 Å². The van der Waals surface area contributed by atoms with Crippen molar-refractivity contribution in [3.05, 3.63) is 57.8 Å². The van der Waals surface area contributed by atoms with Gasteiger partial charge in [0.25, 0.3) is 5.91 Å². The third-order valence-corrected chi connectivity index (χ3v) is 4.50. The van der Waals surface area contributed by atoms with Crippen molar-refractivity contribution in [1.82, 2.24) is 5.32 Å². The molecule has 1 atom stereocenters. The van der Waals surface area contributed by atoms with E-state index in [-0.39, 0.29) is 11.9 Å². The fourth-order valence-corrected chi connectivity index (χ4v) is 3.15. The topological polar surface area (TPSA) is 41.6 Å². The minimum Gasteiger partial charge on any atom is -0.493 e. The van der Waals surface area contributed by atoms with Crippen LogP contribution in [0.25, 0.3) is 0 Å². The molecular weight excluding hydrogens is 375 g/mol. The largest absolute Gasteiger partial charge is 0.493 e. The lowest BCUT2D eigenvalue weighted by molar-refractivity contribution is 0.0924. The number of fused-ring (bicyclic) bond motifs is 1. The van der Waals surface area contributed by atoms with Crippen molar-refractivity contribution >= 4 is 27.5 Å². The van der Waals surface area contributed by atoms with Gasteiger partial charge in [-0.2, -0.15) is 0 Å². The summed E-state index contributed by atoms with van der Waals surface area (Å²) in [6.45, 7) is 0.535. The standard InChI is InChI=1S/C18H18BrFN2O2/c1-22(2)16-5-3-11(9-14(16)20)18(23)21-15-7-8-24-17-6-4-12(19)10-13(15)17/h3-6,9-10,15H,7-8H2,1-2H3,(H,21,23). The third-order valence-electron chi connectivity index (χ3n) is 4.01. The summed E-state index contributed by atoms with van der Waals surface area (Å²) in [6.07, 6.45) is 0.674. The Bertz CT molecular complexity index is 780. The molecule has 1 aliphatic heterocycles. The first kappa shape index (κ1) is 16.8. The highest BCUT2D eigenvalue weighted by Gasteiger charge is 2.24. The number of hydrogen-bond donors (Lipinski definition) is 1. The Balaban J connectivity index is 1.81. The van der Waals surface area contributed by atoms with Crippen LogP contribution in [0.15, 0.2) is 40.9 Å². The number of anilines is 1. The van der Waals surface area contributed by atoms with E-state index in [0.717, 1.165) is 15.8 Å². The van der Waals surface area contributed by atoms with E-state index in [9.17, 15) is 9.18 Å². The van der Waals surface area contributed by atoms with Crippen LogP contribution in [0.3, 0.4) is 0 Å². The summed E-state index contributed by atoms with van der Waals surface area (Å²) < 4.78 is 20.6. The lowest BCUT2D eigenvalue weighted by Crippen LogP contribution is -2.32. The first-order valence-electron chi connectivity index (χ1n) is 7.65. The fraction of sp³-hybridized carbons (Fsp3) is 0.278. The fourth-order valence-electron chi connectivity index (χ4n) is 2.77. The predicted molar refractivity (Wildman–Crippen MR) is 95.2 cm³/mol. The molecule has 1 heterocycles. The number of halogens is 2. The van der Waals surface area contributed by atoms with Crippen LogP contribution in [-0.2, 0) is 0 Å². The summed E-state index contributed by atoms with van der Waals surface area (Å²) in [6, 6.07) is 10.1. The van der Waals surface area contributed by atoms with Crippen molar-refractivity contribution < 1.29 is 13.9 Å². The van der Waals surface area contributed by atoms with Gasteiger partial charge >= 0.3 is 0 Å². The molecule has 0 aromatic heterocycles. The lowest BCUT2D eigenvalue weighted by Gasteiger charge is -2.27. The number of ether oxygens (including phenoxy) is 1. The van der Waals surface area contributed by atoms with Crippen molar-refractivity contribution in [2.45, 2.75) is 12.5 Å².